The van der Waals surface area contributed by atoms with E-state index in [-0.39, 0.29) is 17.1 Å². The maximum atomic E-state index is 13.2. The summed E-state index contributed by atoms with van der Waals surface area (Å²) in [4.78, 5) is 13.6. The molecule has 1 aliphatic rings. The standard InChI is InChI=1S/C18H23N3O5S2/c22-21(23)16-4-1-6-18(14-16)28(24,25)20(15-17-5-2-13-27-17)8-3-7-19-9-11-26-12-10-19/h1-2,4-6,13-14H,3,7-12,15H2. The maximum absolute atomic E-state index is 13.2. The number of nitro benzene ring substituents is 1. The van der Waals surface area contributed by atoms with E-state index >= 15 is 0 Å². The number of nitro groups is 1. The Kier molecular flexibility index (Phi) is 7.13. The summed E-state index contributed by atoms with van der Waals surface area (Å²) in [6, 6.07) is 9.00. The summed E-state index contributed by atoms with van der Waals surface area (Å²) in [6.45, 7) is 4.49. The number of hydrogen-bond donors (Lipinski definition) is 0. The summed E-state index contributed by atoms with van der Waals surface area (Å²) in [7, 11) is -3.84. The Labute approximate surface area is 168 Å². The van der Waals surface area contributed by atoms with Gasteiger partial charge in [-0.3, -0.25) is 15.0 Å². The van der Waals surface area contributed by atoms with E-state index in [1.165, 1.54) is 33.8 Å². The lowest BCUT2D eigenvalue weighted by atomic mass is 10.3. The third-order valence-corrected chi connectivity index (χ3v) is 7.27. The molecule has 1 saturated heterocycles. The minimum absolute atomic E-state index is 0.0513. The Morgan fingerprint density at radius 3 is 2.68 bits per heavy atom. The number of benzene rings is 1. The van der Waals surface area contributed by atoms with Crippen molar-refractivity contribution in [1.82, 2.24) is 9.21 Å². The number of hydrogen-bond acceptors (Lipinski definition) is 7. The van der Waals surface area contributed by atoms with Crippen molar-refractivity contribution in [1.29, 1.82) is 0 Å². The van der Waals surface area contributed by atoms with Crippen molar-refractivity contribution < 1.29 is 18.1 Å². The van der Waals surface area contributed by atoms with Gasteiger partial charge in [-0.1, -0.05) is 12.1 Å². The van der Waals surface area contributed by atoms with Gasteiger partial charge >= 0.3 is 0 Å². The van der Waals surface area contributed by atoms with Gasteiger partial charge in [0, 0.05) is 43.2 Å². The molecule has 2 aromatic rings. The number of rotatable bonds is 9. The molecular formula is C18H23N3O5S2. The molecular weight excluding hydrogens is 402 g/mol. The van der Waals surface area contributed by atoms with Crippen LogP contribution < -0.4 is 0 Å². The van der Waals surface area contributed by atoms with Gasteiger partial charge in [-0.25, -0.2) is 8.42 Å². The van der Waals surface area contributed by atoms with Crippen molar-refractivity contribution in [3.63, 3.8) is 0 Å². The van der Waals surface area contributed by atoms with Crippen molar-refractivity contribution in [2.24, 2.45) is 0 Å². The summed E-state index contributed by atoms with van der Waals surface area (Å²) in [5, 5.41) is 12.9. The summed E-state index contributed by atoms with van der Waals surface area (Å²) in [6.07, 6.45) is 0.680. The van der Waals surface area contributed by atoms with Crippen LogP contribution in [0, 0.1) is 10.1 Å². The summed E-state index contributed by atoms with van der Waals surface area (Å²) in [5.41, 5.74) is -0.231. The molecule has 2 heterocycles. The molecule has 28 heavy (non-hydrogen) atoms. The summed E-state index contributed by atoms with van der Waals surface area (Å²) in [5.74, 6) is 0. The second-order valence-electron chi connectivity index (χ2n) is 6.48. The number of sulfonamides is 1. The molecule has 1 fully saturated rings. The van der Waals surface area contributed by atoms with Crippen LogP contribution in [-0.4, -0.2) is 61.9 Å². The van der Waals surface area contributed by atoms with E-state index in [1.54, 1.807) is 0 Å². The van der Waals surface area contributed by atoms with Crippen LogP contribution in [0.3, 0.4) is 0 Å². The minimum atomic E-state index is -3.84. The van der Waals surface area contributed by atoms with Crippen LogP contribution in [0.5, 0.6) is 0 Å². The zero-order valence-corrected chi connectivity index (χ0v) is 17.0. The predicted octanol–water partition coefficient (Wildman–Crippen LogP) is 2.57. The smallest absolute Gasteiger partial charge is 0.270 e. The first-order valence-corrected chi connectivity index (χ1v) is 11.4. The highest BCUT2D eigenvalue weighted by molar-refractivity contribution is 7.89. The van der Waals surface area contributed by atoms with Crippen LogP contribution in [0.4, 0.5) is 5.69 Å². The van der Waals surface area contributed by atoms with Crippen LogP contribution in [0.2, 0.25) is 0 Å². The number of nitrogens with zero attached hydrogens (tertiary/aromatic N) is 3. The van der Waals surface area contributed by atoms with E-state index in [0.29, 0.717) is 26.2 Å². The van der Waals surface area contributed by atoms with E-state index < -0.39 is 14.9 Å². The van der Waals surface area contributed by atoms with Gasteiger partial charge in [0.1, 0.15) is 0 Å². The minimum Gasteiger partial charge on any atom is -0.379 e. The second kappa shape index (κ2) is 9.57. The van der Waals surface area contributed by atoms with Crippen molar-refractivity contribution in [3.8, 4) is 0 Å². The SMILES string of the molecule is O=[N+]([O-])c1cccc(S(=O)(=O)N(CCCN2CCOCC2)Cc2cccs2)c1. The van der Waals surface area contributed by atoms with Gasteiger partial charge in [-0.2, -0.15) is 4.31 Å². The normalized spacial score (nSPS) is 15.8. The number of thiophene rings is 1. The molecule has 10 heteroatoms. The van der Waals surface area contributed by atoms with Crippen molar-refractivity contribution in [2.75, 3.05) is 39.4 Å². The molecule has 0 aliphatic carbocycles. The van der Waals surface area contributed by atoms with Crippen molar-refractivity contribution >= 4 is 27.0 Å². The van der Waals surface area contributed by atoms with Crippen LogP contribution in [-0.2, 0) is 21.3 Å². The average molecular weight is 426 g/mol. The highest BCUT2D eigenvalue weighted by Crippen LogP contribution is 2.24. The molecule has 0 amide bonds. The Morgan fingerprint density at radius 1 is 1.21 bits per heavy atom. The largest absolute Gasteiger partial charge is 0.379 e. The van der Waals surface area contributed by atoms with E-state index in [1.807, 2.05) is 17.5 Å². The van der Waals surface area contributed by atoms with Gasteiger partial charge in [-0.05, 0) is 30.5 Å². The fourth-order valence-electron chi connectivity index (χ4n) is 3.06. The molecule has 0 spiro atoms. The van der Waals surface area contributed by atoms with Gasteiger partial charge in [0.25, 0.3) is 5.69 Å². The third kappa shape index (κ3) is 5.36. The van der Waals surface area contributed by atoms with E-state index in [9.17, 15) is 18.5 Å². The molecule has 0 N–H and O–H groups in total. The molecule has 1 aromatic heterocycles. The molecule has 3 rings (SSSR count). The number of morpholine rings is 1. The van der Waals surface area contributed by atoms with E-state index in [0.717, 1.165) is 30.6 Å². The zero-order valence-electron chi connectivity index (χ0n) is 15.4. The molecule has 8 nitrogen and oxygen atoms in total. The molecule has 0 atom stereocenters. The highest BCUT2D eigenvalue weighted by atomic mass is 32.2. The van der Waals surface area contributed by atoms with Crippen molar-refractivity contribution in [2.45, 2.75) is 17.9 Å². The van der Waals surface area contributed by atoms with Gasteiger partial charge in [0.2, 0.25) is 10.0 Å². The molecule has 1 aromatic carbocycles. The lowest BCUT2D eigenvalue weighted by molar-refractivity contribution is -0.385. The number of non-ortho nitro benzene ring substituents is 1. The van der Waals surface area contributed by atoms with Gasteiger partial charge in [-0.15, -0.1) is 11.3 Å². The Balaban J connectivity index is 1.76. The summed E-state index contributed by atoms with van der Waals surface area (Å²) < 4.78 is 33.1. The monoisotopic (exact) mass is 425 g/mol. The first-order chi connectivity index (χ1) is 13.5. The van der Waals surface area contributed by atoms with Gasteiger partial charge in [0.05, 0.1) is 23.0 Å². The van der Waals surface area contributed by atoms with Crippen LogP contribution in [0.15, 0.2) is 46.7 Å². The Hall–Kier alpha value is -1.85. The molecule has 152 valence electrons. The molecule has 0 bridgehead atoms. The van der Waals surface area contributed by atoms with Gasteiger partial charge < -0.3 is 4.74 Å². The second-order valence-corrected chi connectivity index (χ2v) is 9.45. The maximum Gasteiger partial charge on any atom is 0.270 e. The lowest BCUT2D eigenvalue weighted by Gasteiger charge is -2.28. The molecule has 0 radical (unpaired) electrons. The average Bonchev–Trinajstić information content (AvgIpc) is 3.21. The molecule has 1 aliphatic heterocycles. The summed E-state index contributed by atoms with van der Waals surface area (Å²) >= 11 is 1.49. The third-order valence-electron chi connectivity index (χ3n) is 4.56. The van der Waals surface area contributed by atoms with Crippen molar-refractivity contribution in [3.05, 3.63) is 56.8 Å². The molecule has 0 saturated carbocycles. The Bertz CT molecular complexity index is 880. The highest BCUT2D eigenvalue weighted by Gasteiger charge is 2.26. The fourth-order valence-corrected chi connectivity index (χ4v) is 5.36. The predicted molar refractivity (Wildman–Crippen MR) is 107 cm³/mol. The lowest BCUT2D eigenvalue weighted by Crippen LogP contribution is -2.39. The first kappa shape index (κ1) is 20.9. The number of ether oxygens (including phenoxy) is 1. The topological polar surface area (TPSA) is 93.0 Å². The first-order valence-electron chi connectivity index (χ1n) is 9.04. The fraction of sp³-hybridized carbons (Fsp3) is 0.444. The zero-order chi connectivity index (χ0) is 20.0. The molecule has 0 unspecified atom stereocenters. The van der Waals surface area contributed by atoms with Crippen LogP contribution >= 0.6 is 11.3 Å². The Morgan fingerprint density at radius 2 is 2.00 bits per heavy atom. The van der Waals surface area contributed by atoms with E-state index in [2.05, 4.69) is 4.90 Å². The quantitative estimate of drug-likeness (QED) is 0.453. The van der Waals surface area contributed by atoms with E-state index in [4.69, 9.17) is 4.74 Å². The van der Waals surface area contributed by atoms with Gasteiger partial charge in [0.15, 0.2) is 0 Å². The van der Waals surface area contributed by atoms with Crippen LogP contribution in [0.1, 0.15) is 11.3 Å². The van der Waals surface area contributed by atoms with Crippen LogP contribution in [0.25, 0.3) is 0 Å².